The van der Waals surface area contributed by atoms with Gasteiger partial charge in [-0.1, -0.05) is 345 Å². The van der Waals surface area contributed by atoms with Gasteiger partial charge in [0.25, 0.3) is 0 Å². The molecule has 82 heavy (non-hydrogen) atoms. The molecule has 0 rings (SSSR count). The molecule has 0 saturated carbocycles. The summed E-state index contributed by atoms with van der Waals surface area (Å²) in [6.45, 7) is 6.66. The Bertz CT molecular complexity index is 1410. The molecule has 0 spiro atoms. The summed E-state index contributed by atoms with van der Waals surface area (Å²) < 4.78 is 17.0. The second kappa shape index (κ2) is 70.9. The summed E-state index contributed by atoms with van der Waals surface area (Å²) in [6.07, 6.45) is 90.1. The van der Waals surface area contributed by atoms with Gasteiger partial charge in [0.05, 0.1) is 0 Å². The minimum Gasteiger partial charge on any atom is -0.462 e. The first kappa shape index (κ1) is 79.4. The Kier molecular flexibility index (Phi) is 68.6. The number of unbranched alkanes of at least 4 members (excludes halogenated alkanes) is 49. The second-order valence-electron chi connectivity index (χ2n) is 24.9. The first-order valence-electron chi connectivity index (χ1n) is 36.6. The van der Waals surface area contributed by atoms with Gasteiger partial charge in [-0.05, 0) is 83.5 Å². The second-order valence-corrected chi connectivity index (χ2v) is 24.9. The molecule has 0 aliphatic carbocycles. The number of carbonyl (C=O) groups excluding carboxylic acids is 3. The monoisotopic (exact) mass is 1150 g/mol. The molecule has 480 valence electrons. The Labute approximate surface area is 511 Å². The fraction of sp³-hybridized carbons (Fsp3) is 0.855. The average Bonchev–Trinajstić information content (AvgIpc) is 3.47. The molecule has 0 heterocycles. The van der Waals surface area contributed by atoms with E-state index >= 15 is 0 Å². The van der Waals surface area contributed by atoms with E-state index in [9.17, 15) is 14.4 Å². The highest BCUT2D eigenvalue weighted by molar-refractivity contribution is 5.71. The smallest absolute Gasteiger partial charge is 0.306 e. The van der Waals surface area contributed by atoms with E-state index in [1.165, 1.54) is 276 Å². The fourth-order valence-corrected chi connectivity index (χ4v) is 11.0. The Hall–Kier alpha value is -2.63. The molecule has 0 amide bonds. The van der Waals surface area contributed by atoms with E-state index in [-0.39, 0.29) is 31.1 Å². The number of rotatable bonds is 68. The van der Waals surface area contributed by atoms with Crippen molar-refractivity contribution >= 4 is 17.9 Å². The van der Waals surface area contributed by atoms with Crippen molar-refractivity contribution in [1.82, 2.24) is 0 Å². The highest BCUT2D eigenvalue weighted by Gasteiger charge is 2.19. The molecule has 0 aromatic heterocycles. The third-order valence-electron chi connectivity index (χ3n) is 16.6. The van der Waals surface area contributed by atoms with Crippen LogP contribution in [0.3, 0.4) is 0 Å². The number of ether oxygens (including phenoxy) is 3. The fourth-order valence-electron chi connectivity index (χ4n) is 11.0. The summed E-state index contributed by atoms with van der Waals surface area (Å²) in [6, 6.07) is 0. The molecule has 6 heteroatoms. The van der Waals surface area contributed by atoms with Crippen molar-refractivity contribution in [3.05, 3.63) is 48.6 Å². The Balaban J connectivity index is 4.24. The predicted octanol–water partition coefficient (Wildman–Crippen LogP) is 25.3. The van der Waals surface area contributed by atoms with Crippen LogP contribution in [0.5, 0.6) is 0 Å². The number of allylic oxidation sites excluding steroid dienone is 8. The van der Waals surface area contributed by atoms with E-state index in [1.54, 1.807) is 0 Å². The van der Waals surface area contributed by atoms with Crippen LogP contribution < -0.4 is 0 Å². The molecule has 0 aliphatic rings. The van der Waals surface area contributed by atoms with E-state index in [1.807, 2.05) is 0 Å². The van der Waals surface area contributed by atoms with Crippen molar-refractivity contribution in [3.8, 4) is 0 Å². The molecule has 0 radical (unpaired) electrons. The van der Waals surface area contributed by atoms with Crippen LogP contribution in [0.15, 0.2) is 48.6 Å². The lowest BCUT2D eigenvalue weighted by Gasteiger charge is -2.18. The summed E-state index contributed by atoms with van der Waals surface area (Å²) >= 11 is 0. The van der Waals surface area contributed by atoms with E-state index in [2.05, 4.69) is 69.4 Å². The van der Waals surface area contributed by atoms with Crippen LogP contribution >= 0.6 is 0 Å². The first-order valence-corrected chi connectivity index (χ1v) is 36.6. The average molecular weight is 1150 g/mol. The Morgan fingerprint density at radius 2 is 0.439 bits per heavy atom. The number of carbonyl (C=O) groups is 3. The molecule has 0 N–H and O–H groups in total. The van der Waals surface area contributed by atoms with Gasteiger partial charge in [-0.25, -0.2) is 0 Å². The van der Waals surface area contributed by atoms with Crippen molar-refractivity contribution in [2.24, 2.45) is 0 Å². The maximum Gasteiger partial charge on any atom is 0.306 e. The molecule has 0 saturated heterocycles. The summed E-state index contributed by atoms with van der Waals surface area (Å²) in [5.41, 5.74) is 0. The number of hydrogen-bond donors (Lipinski definition) is 0. The molecule has 1 atom stereocenters. The van der Waals surface area contributed by atoms with E-state index in [0.717, 1.165) is 83.5 Å². The molecule has 0 aromatic rings. The Morgan fingerprint density at radius 3 is 0.720 bits per heavy atom. The van der Waals surface area contributed by atoms with Crippen LogP contribution in [0, 0.1) is 0 Å². The van der Waals surface area contributed by atoms with E-state index < -0.39 is 6.10 Å². The molecule has 0 aromatic carbocycles. The topological polar surface area (TPSA) is 78.9 Å². The van der Waals surface area contributed by atoms with Gasteiger partial charge in [0.15, 0.2) is 6.10 Å². The van der Waals surface area contributed by atoms with E-state index in [0.29, 0.717) is 19.3 Å². The van der Waals surface area contributed by atoms with Crippen LogP contribution in [0.4, 0.5) is 0 Å². The number of hydrogen-bond acceptors (Lipinski definition) is 6. The summed E-state index contributed by atoms with van der Waals surface area (Å²) in [4.78, 5) is 38.5. The van der Waals surface area contributed by atoms with Crippen LogP contribution in [0.2, 0.25) is 0 Å². The zero-order chi connectivity index (χ0) is 59.2. The lowest BCUT2D eigenvalue weighted by molar-refractivity contribution is -0.167. The molecular weight excluding hydrogens is 1010 g/mol. The van der Waals surface area contributed by atoms with Crippen LogP contribution in [-0.4, -0.2) is 37.2 Å². The van der Waals surface area contributed by atoms with Gasteiger partial charge >= 0.3 is 17.9 Å². The molecule has 0 fully saturated rings. The van der Waals surface area contributed by atoms with Crippen molar-refractivity contribution in [1.29, 1.82) is 0 Å². The highest BCUT2D eigenvalue weighted by Crippen LogP contribution is 2.19. The zero-order valence-electron chi connectivity index (χ0n) is 55.3. The largest absolute Gasteiger partial charge is 0.462 e. The third-order valence-corrected chi connectivity index (χ3v) is 16.6. The molecule has 0 aliphatic heterocycles. The van der Waals surface area contributed by atoms with Gasteiger partial charge in [-0.15, -0.1) is 0 Å². The molecular formula is C76H140O6. The normalized spacial score (nSPS) is 12.3. The van der Waals surface area contributed by atoms with Crippen molar-refractivity contribution in [3.63, 3.8) is 0 Å². The molecule has 6 nitrogen and oxygen atoms in total. The predicted molar refractivity (Wildman–Crippen MR) is 358 cm³/mol. The molecule has 1 unspecified atom stereocenters. The zero-order valence-corrected chi connectivity index (χ0v) is 55.3. The van der Waals surface area contributed by atoms with Gasteiger partial charge in [-0.3, -0.25) is 14.4 Å². The van der Waals surface area contributed by atoms with Crippen molar-refractivity contribution < 1.29 is 28.6 Å². The van der Waals surface area contributed by atoms with Gasteiger partial charge in [-0.2, -0.15) is 0 Å². The van der Waals surface area contributed by atoms with Crippen LogP contribution in [-0.2, 0) is 28.6 Å². The first-order chi connectivity index (χ1) is 40.5. The van der Waals surface area contributed by atoms with Crippen LogP contribution in [0.25, 0.3) is 0 Å². The van der Waals surface area contributed by atoms with Gasteiger partial charge in [0.2, 0.25) is 0 Å². The lowest BCUT2D eigenvalue weighted by atomic mass is 10.0. The standard InChI is InChI=1S/C76H140O6/c1-4-7-10-13-16-19-22-25-28-31-33-34-35-36-37-38-39-40-41-42-44-45-48-51-54-57-60-63-66-69-75(78)81-72-73(71-80-74(77)68-65-62-59-56-53-50-47-30-27-24-21-18-15-12-9-6-3)82-76(79)70-67-64-61-58-55-52-49-46-43-32-29-26-23-20-17-14-11-8-5-2/h17,20,26,29-30,43,46-47,73H,4-16,18-19,21-25,27-28,31-42,44-45,48-72H2,1-3H3/b20-17-,29-26-,46-43-,47-30-. The highest BCUT2D eigenvalue weighted by atomic mass is 16.6. The van der Waals surface area contributed by atoms with Crippen LogP contribution in [0.1, 0.15) is 400 Å². The third kappa shape index (κ3) is 68.2. The summed E-state index contributed by atoms with van der Waals surface area (Å²) in [5.74, 6) is -0.872. The quantitative estimate of drug-likeness (QED) is 0.0261. The minimum atomic E-state index is -0.784. The van der Waals surface area contributed by atoms with Gasteiger partial charge < -0.3 is 14.2 Å². The SMILES string of the molecule is CCCCC/C=C\C/C=C\C/C=C\CCCCCCCCC(=O)OC(COC(=O)CCCCCCC/C=C\CCCCCCCCC)COC(=O)CCCCCCCCCCCCCCCCCCCCCCCCCCCCCCC. The van der Waals surface area contributed by atoms with E-state index in [4.69, 9.17) is 14.2 Å². The summed E-state index contributed by atoms with van der Waals surface area (Å²) in [7, 11) is 0. The van der Waals surface area contributed by atoms with Crippen molar-refractivity contribution in [2.75, 3.05) is 13.2 Å². The minimum absolute atomic E-state index is 0.0772. The molecule has 0 bridgehead atoms. The Morgan fingerprint density at radius 1 is 0.244 bits per heavy atom. The number of esters is 3. The van der Waals surface area contributed by atoms with Gasteiger partial charge in [0, 0.05) is 19.3 Å². The van der Waals surface area contributed by atoms with Gasteiger partial charge in [0.1, 0.15) is 13.2 Å². The summed E-state index contributed by atoms with van der Waals surface area (Å²) in [5, 5.41) is 0. The lowest BCUT2D eigenvalue weighted by Crippen LogP contribution is -2.30. The maximum absolute atomic E-state index is 13.0. The van der Waals surface area contributed by atoms with Crippen molar-refractivity contribution in [2.45, 2.75) is 406 Å². The maximum atomic E-state index is 13.0.